The van der Waals surface area contributed by atoms with Crippen LogP contribution in [0.2, 0.25) is 0 Å². The highest BCUT2D eigenvalue weighted by Crippen LogP contribution is 2.20. The average Bonchev–Trinajstić information content (AvgIpc) is 3.29. The Hall–Kier alpha value is -3.38. The summed E-state index contributed by atoms with van der Waals surface area (Å²) in [5.74, 6) is 0.785. The van der Waals surface area contributed by atoms with Gasteiger partial charge in [-0.3, -0.25) is 4.79 Å². The second kappa shape index (κ2) is 9.18. The predicted octanol–water partition coefficient (Wildman–Crippen LogP) is 4.81. The van der Waals surface area contributed by atoms with Crippen molar-refractivity contribution in [3.05, 3.63) is 105 Å². The van der Waals surface area contributed by atoms with Gasteiger partial charge in [-0.1, -0.05) is 42.5 Å². The Morgan fingerprint density at radius 1 is 1.03 bits per heavy atom. The van der Waals surface area contributed by atoms with Gasteiger partial charge in [-0.2, -0.15) is 0 Å². The van der Waals surface area contributed by atoms with Crippen LogP contribution in [0.15, 0.2) is 76.1 Å². The number of aromatic amines is 1. The van der Waals surface area contributed by atoms with Crippen LogP contribution in [-0.4, -0.2) is 15.0 Å². The summed E-state index contributed by atoms with van der Waals surface area (Å²) >= 11 is 5.69. The minimum Gasteiger partial charge on any atom is -0.467 e. The SMILES string of the molecule is Cc1ccc(C)c2[nH]c(=O)c(CN(Cc3ccco3)C(=S)NCc3ccccc3)cc12. The van der Waals surface area contributed by atoms with E-state index in [1.807, 2.05) is 66.4 Å². The van der Waals surface area contributed by atoms with Crippen molar-refractivity contribution >= 4 is 28.2 Å². The second-order valence-electron chi connectivity index (χ2n) is 7.69. The van der Waals surface area contributed by atoms with Crippen molar-refractivity contribution < 1.29 is 4.42 Å². The Morgan fingerprint density at radius 3 is 2.55 bits per heavy atom. The summed E-state index contributed by atoms with van der Waals surface area (Å²) in [4.78, 5) is 17.9. The van der Waals surface area contributed by atoms with E-state index in [4.69, 9.17) is 16.6 Å². The fraction of sp³-hybridized carbons (Fsp3) is 0.200. The molecule has 6 heteroatoms. The maximum absolute atomic E-state index is 12.9. The lowest BCUT2D eigenvalue weighted by Gasteiger charge is -2.25. The first-order chi connectivity index (χ1) is 15.0. The minimum atomic E-state index is -0.100. The fourth-order valence-corrected chi connectivity index (χ4v) is 3.82. The van der Waals surface area contributed by atoms with Gasteiger partial charge in [0.25, 0.3) is 5.56 Å². The molecule has 2 heterocycles. The van der Waals surface area contributed by atoms with Crippen LogP contribution in [0, 0.1) is 13.8 Å². The molecule has 4 aromatic rings. The first-order valence-corrected chi connectivity index (χ1v) is 10.6. The normalized spacial score (nSPS) is 10.9. The van der Waals surface area contributed by atoms with Gasteiger partial charge in [0.2, 0.25) is 0 Å². The molecule has 31 heavy (non-hydrogen) atoms. The Morgan fingerprint density at radius 2 is 1.81 bits per heavy atom. The molecule has 4 rings (SSSR count). The third kappa shape index (κ3) is 4.86. The van der Waals surface area contributed by atoms with Crippen molar-refractivity contribution in [2.24, 2.45) is 0 Å². The van der Waals surface area contributed by atoms with Gasteiger partial charge in [-0.25, -0.2) is 0 Å². The van der Waals surface area contributed by atoms with E-state index in [-0.39, 0.29) is 5.56 Å². The summed E-state index contributed by atoms with van der Waals surface area (Å²) in [6, 6.07) is 19.9. The van der Waals surface area contributed by atoms with Gasteiger partial charge < -0.3 is 19.6 Å². The van der Waals surface area contributed by atoms with E-state index < -0.39 is 0 Å². The van der Waals surface area contributed by atoms with Crippen molar-refractivity contribution in [2.45, 2.75) is 33.5 Å². The maximum Gasteiger partial charge on any atom is 0.253 e. The number of rotatable bonds is 6. The van der Waals surface area contributed by atoms with Gasteiger partial charge >= 0.3 is 0 Å². The molecule has 0 fully saturated rings. The second-order valence-corrected chi connectivity index (χ2v) is 8.08. The molecule has 158 valence electrons. The Balaban J connectivity index is 1.61. The number of hydrogen-bond acceptors (Lipinski definition) is 3. The summed E-state index contributed by atoms with van der Waals surface area (Å²) < 4.78 is 5.53. The number of H-pyrrole nitrogens is 1. The van der Waals surface area contributed by atoms with Crippen LogP contribution in [0.1, 0.15) is 28.0 Å². The van der Waals surface area contributed by atoms with E-state index >= 15 is 0 Å². The van der Waals surface area contributed by atoms with E-state index in [0.29, 0.717) is 30.3 Å². The molecule has 2 N–H and O–H groups in total. The van der Waals surface area contributed by atoms with Gasteiger partial charge in [0, 0.05) is 17.5 Å². The number of aryl methyl sites for hydroxylation is 2. The van der Waals surface area contributed by atoms with Crippen LogP contribution in [0.4, 0.5) is 0 Å². The average molecular weight is 432 g/mol. The number of nitrogens with zero attached hydrogens (tertiary/aromatic N) is 1. The number of fused-ring (bicyclic) bond motifs is 1. The van der Waals surface area contributed by atoms with Crippen LogP contribution in [-0.2, 0) is 19.6 Å². The van der Waals surface area contributed by atoms with Gasteiger partial charge in [0.1, 0.15) is 5.76 Å². The lowest BCUT2D eigenvalue weighted by molar-refractivity contribution is 0.350. The fourth-order valence-electron chi connectivity index (χ4n) is 3.62. The number of aromatic nitrogens is 1. The Bertz CT molecular complexity index is 1250. The Kier molecular flexibility index (Phi) is 6.18. The first-order valence-electron chi connectivity index (χ1n) is 10.2. The van der Waals surface area contributed by atoms with Crippen molar-refractivity contribution in [3.8, 4) is 0 Å². The van der Waals surface area contributed by atoms with Crippen molar-refractivity contribution in [3.63, 3.8) is 0 Å². The van der Waals surface area contributed by atoms with Crippen LogP contribution in [0.3, 0.4) is 0 Å². The maximum atomic E-state index is 12.9. The van der Waals surface area contributed by atoms with E-state index in [2.05, 4.69) is 23.3 Å². The van der Waals surface area contributed by atoms with Crippen LogP contribution in [0.5, 0.6) is 0 Å². The van der Waals surface area contributed by atoms with Gasteiger partial charge in [-0.05, 0) is 61.0 Å². The van der Waals surface area contributed by atoms with Gasteiger partial charge in [0.05, 0.1) is 24.9 Å². The smallest absolute Gasteiger partial charge is 0.253 e. The molecule has 2 aromatic heterocycles. The lowest BCUT2D eigenvalue weighted by atomic mass is 10.0. The molecule has 0 aliphatic rings. The molecule has 0 saturated carbocycles. The third-order valence-corrected chi connectivity index (χ3v) is 5.78. The number of pyridine rings is 1. The Labute approximate surface area is 186 Å². The molecular weight excluding hydrogens is 406 g/mol. The summed E-state index contributed by atoms with van der Waals surface area (Å²) in [6.45, 7) is 5.51. The van der Waals surface area contributed by atoms with Crippen LogP contribution >= 0.6 is 12.2 Å². The topological polar surface area (TPSA) is 61.3 Å². The number of furan rings is 1. The predicted molar refractivity (Wildman–Crippen MR) is 128 cm³/mol. The van der Waals surface area contributed by atoms with Crippen molar-refractivity contribution in [1.82, 2.24) is 15.2 Å². The first kappa shape index (κ1) is 20.9. The lowest BCUT2D eigenvalue weighted by Crippen LogP contribution is -2.39. The molecule has 0 bridgehead atoms. The molecule has 0 spiro atoms. The zero-order chi connectivity index (χ0) is 21.8. The van der Waals surface area contributed by atoms with E-state index in [1.165, 1.54) is 0 Å². The number of hydrogen-bond donors (Lipinski definition) is 2. The molecule has 0 amide bonds. The third-order valence-electron chi connectivity index (χ3n) is 5.38. The van der Waals surface area contributed by atoms with Gasteiger partial charge in [0.15, 0.2) is 5.11 Å². The van der Waals surface area contributed by atoms with Crippen LogP contribution in [0.25, 0.3) is 10.9 Å². The molecule has 0 aliphatic carbocycles. The number of benzene rings is 2. The van der Waals surface area contributed by atoms with Crippen LogP contribution < -0.4 is 10.9 Å². The molecule has 0 unspecified atom stereocenters. The molecule has 0 aliphatic heterocycles. The number of thiocarbonyl (C=S) groups is 1. The largest absolute Gasteiger partial charge is 0.467 e. The molecule has 0 saturated heterocycles. The van der Waals surface area contributed by atoms with E-state index in [1.54, 1.807) is 6.26 Å². The van der Waals surface area contributed by atoms with Crippen molar-refractivity contribution in [2.75, 3.05) is 0 Å². The number of nitrogens with one attached hydrogen (secondary N) is 2. The molecule has 5 nitrogen and oxygen atoms in total. The highest BCUT2D eigenvalue weighted by Gasteiger charge is 2.16. The summed E-state index contributed by atoms with van der Waals surface area (Å²) in [5, 5.41) is 4.93. The molecule has 0 atom stereocenters. The zero-order valence-corrected chi connectivity index (χ0v) is 18.5. The minimum absolute atomic E-state index is 0.100. The molecule has 0 radical (unpaired) electrons. The summed E-state index contributed by atoms with van der Waals surface area (Å²) in [7, 11) is 0. The summed E-state index contributed by atoms with van der Waals surface area (Å²) in [6.07, 6.45) is 1.64. The monoisotopic (exact) mass is 431 g/mol. The van der Waals surface area contributed by atoms with Crippen molar-refractivity contribution in [1.29, 1.82) is 0 Å². The highest BCUT2D eigenvalue weighted by molar-refractivity contribution is 7.80. The summed E-state index contributed by atoms with van der Waals surface area (Å²) in [5.41, 5.74) is 4.76. The zero-order valence-electron chi connectivity index (χ0n) is 17.6. The van der Waals surface area contributed by atoms with E-state index in [9.17, 15) is 4.79 Å². The molecule has 2 aromatic carbocycles. The van der Waals surface area contributed by atoms with E-state index in [0.717, 1.165) is 33.4 Å². The van der Waals surface area contributed by atoms with Gasteiger partial charge in [-0.15, -0.1) is 0 Å². The molecular formula is C25H25N3O2S. The quantitative estimate of drug-likeness (QED) is 0.429. The standard InChI is InChI=1S/C25H25N3O2S/c1-17-10-11-18(2)23-22(17)13-20(24(29)27-23)15-28(16-21-9-6-12-30-21)25(31)26-14-19-7-4-3-5-8-19/h3-13H,14-16H2,1-2H3,(H,26,31)(H,27,29). The highest BCUT2D eigenvalue weighted by atomic mass is 32.1.